The first-order valence-electron chi connectivity index (χ1n) is 10.0. The maximum atomic E-state index is 13.6. The number of rotatable bonds is 5. The van der Waals surface area contributed by atoms with E-state index in [9.17, 15) is 23.2 Å². The van der Waals surface area contributed by atoms with Gasteiger partial charge in [0.15, 0.2) is 0 Å². The first kappa shape index (κ1) is 24.2. The van der Waals surface area contributed by atoms with Crippen molar-refractivity contribution in [1.29, 1.82) is 0 Å². The fourth-order valence-corrected chi connectivity index (χ4v) is 6.28. The van der Waals surface area contributed by atoms with E-state index in [0.717, 1.165) is 15.6 Å². The molecule has 1 aromatic heterocycles. The molecule has 0 saturated heterocycles. The number of halogens is 1. The van der Waals surface area contributed by atoms with Gasteiger partial charge in [-0.1, -0.05) is 29.8 Å². The van der Waals surface area contributed by atoms with Crippen molar-refractivity contribution in [2.75, 3.05) is 18.6 Å². The van der Waals surface area contributed by atoms with Crippen molar-refractivity contribution in [2.45, 2.75) is 17.5 Å². The fraction of sp³-hybridized carbons (Fsp3) is 0.182. The lowest BCUT2D eigenvalue weighted by atomic mass is 10.1. The van der Waals surface area contributed by atoms with Crippen molar-refractivity contribution in [3.63, 3.8) is 0 Å². The zero-order chi connectivity index (χ0) is 24.5. The van der Waals surface area contributed by atoms with Crippen molar-refractivity contribution >= 4 is 50.5 Å². The van der Waals surface area contributed by atoms with Crippen molar-refractivity contribution in [1.82, 2.24) is 9.79 Å². The van der Waals surface area contributed by atoms with Gasteiger partial charge in [-0.05, 0) is 48.0 Å². The number of carbonyl (C=O) groups excluding carboxylic acids is 2. The molecule has 2 aromatic carbocycles. The lowest BCUT2D eigenvalue weighted by Crippen LogP contribution is -2.53. The summed E-state index contributed by atoms with van der Waals surface area (Å²) in [4.78, 5) is 27.7. The second-order valence-corrected chi connectivity index (χ2v) is 11.0. The number of sulfonamides is 1. The van der Waals surface area contributed by atoms with Crippen LogP contribution in [0, 0.1) is 0 Å². The fourth-order valence-electron chi connectivity index (χ4n) is 3.73. The highest BCUT2D eigenvalue weighted by Gasteiger charge is 2.41. The standard InChI is InChI=1S/C22H20ClN3O6S2/c1-32-15-6-8-16(9-7-15)34(30,31)26-12-14-4-2-3-5-17(14)25(13-18(26)21(27)24-29)22(28)19-10-11-20(23)33-19/h2-11,18,29H,12-13H2,1H3,(H,24,27). The normalized spacial score (nSPS) is 16.4. The molecular weight excluding hydrogens is 502 g/mol. The van der Waals surface area contributed by atoms with Crippen molar-refractivity contribution in [3.05, 3.63) is 75.4 Å². The molecule has 0 bridgehead atoms. The zero-order valence-corrected chi connectivity index (χ0v) is 20.2. The van der Waals surface area contributed by atoms with Gasteiger partial charge in [0.1, 0.15) is 11.8 Å². The number of para-hydroxylation sites is 1. The topological polar surface area (TPSA) is 116 Å². The first-order chi connectivity index (χ1) is 16.3. The number of benzene rings is 2. The first-order valence-corrected chi connectivity index (χ1v) is 12.6. The van der Waals surface area contributed by atoms with Crippen LogP contribution in [0.1, 0.15) is 15.2 Å². The van der Waals surface area contributed by atoms with Crippen molar-refractivity contribution < 1.29 is 28.0 Å². The molecule has 34 heavy (non-hydrogen) atoms. The quantitative estimate of drug-likeness (QED) is 0.393. The molecule has 2 amide bonds. The number of amides is 2. The molecule has 1 atom stereocenters. The van der Waals surface area contributed by atoms with Crippen molar-refractivity contribution in [2.24, 2.45) is 0 Å². The summed E-state index contributed by atoms with van der Waals surface area (Å²) in [5.74, 6) is -0.938. The summed E-state index contributed by atoms with van der Waals surface area (Å²) >= 11 is 7.08. The Morgan fingerprint density at radius 3 is 2.44 bits per heavy atom. The summed E-state index contributed by atoms with van der Waals surface area (Å²) in [5.41, 5.74) is 2.52. The van der Waals surface area contributed by atoms with Crippen LogP contribution in [0.4, 0.5) is 5.69 Å². The number of thiophene rings is 1. The number of anilines is 1. The maximum absolute atomic E-state index is 13.6. The predicted molar refractivity (Wildman–Crippen MR) is 127 cm³/mol. The Labute approximate surface area is 205 Å². The number of hydrogen-bond acceptors (Lipinski definition) is 7. The molecule has 3 aromatic rings. The number of nitrogens with one attached hydrogen (secondary N) is 1. The van der Waals surface area contributed by atoms with Gasteiger partial charge in [0.2, 0.25) is 10.0 Å². The van der Waals surface area contributed by atoms with Crippen LogP contribution in [0.5, 0.6) is 5.75 Å². The number of ether oxygens (including phenoxy) is 1. The number of hydroxylamine groups is 1. The van der Waals surface area contributed by atoms with E-state index in [1.54, 1.807) is 41.9 Å². The molecule has 0 saturated carbocycles. The molecule has 0 aliphatic carbocycles. The Morgan fingerprint density at radius 1 is 1.12 bits per heavy atom. The van der Waals surface area contributed by atoms with Crippen LogP contribution < -0.4 is 15.1 Å². The number of carbonyl (C=O) groups is 2. The molecule has 0 fully saturated rings. The SMILES string of the molecule is COc1ccc(S(=O)(=O)N2Cc3ccccc3N(C(=O)c3ccc(Cl)s3)CC2C(=O)NO)cc1. The highest BCUT2D eigenvalue weighted by Crippen LogP contribution is 2.33. The van der Waals surface area contributed by atoms with Gasteiger partial charge in [0.25, 0.3) is 11.8 Å². The average molecular weight is 522 g/mol. The lowest BCUT2D eigenvalue weighted by molar-refractivity contribution is -0.133. The average Bonchev–Trinajstić information content (AvgIpc) is 3.20. The molecule has 4 rings (SSSR count). The highest BCUT2D eigenvalue weighted by atomic mass is 35.5. The largest absolute Gasteiger partial charge is 0.497 e. The van der Waals surface area contributed by atoms with Crippen LogP contribution in [0.15, 0.2) is 65.6 Å². The van der Waals surface area contributed by atoms with Gasteiger partial charge >= 0.3 is 0 Å². The van der Waals surface area contributed by atoms with E-state index in [4.69, 9.17) is 16.3 Å². The highest BCUT2D eigenvalue weighted by molar-refractivity contribution is 7.89. The van der Waals surface area contributed by atoms with E-state index in [-0.39, 0.29) is 18.0 Å². The molecule has 0 spiro atoms. The molecule has 1 aliphatic rings. The Bertz CT molecular complexity index is 1330. The smallest absolute Gasteiger partial charge is 0.268 e. The summed E-state index contributed by atoms with van der Waals surface area (Å²) in [7, 11) is -2.76. The predicted octanol–water partition coefficient (Wildman–Crippen LogP) is 3.14. The molecule has 1 unspecified atom stereocenters. The molecule has 1 aliphatic heterocycles. The molecule has 0 radical (unpaired) electrons. The van der Waals surface area contributed by atoms with Gasteiger partial charge in [0, 0.05) is 12.2 Å². The second kappa shape index (κ2) is 9.72. The van der Waals surface area contributed by atoms with Crippen LogP contribution in [0.25, 0.3) is 0 Å². The Hall–Kier alpha value is -2.96. The molecule has 178 valence electrons. The van der Waals surface area contributed by atoms with Gasteiger partial charge in [0.05, 0.1) is 27.8 Å². The summed E-state index contributed by atoms with van der Waals surface area (Å²) in [6.45, 7) is -0.523. The van der Waals surface area contributed by atoms with Gasteiger partial charge < -0.3 is 9.64 Å². The van der Waals surface area contributed by atoms with E-state index in [2.05, 4.69) is 0 Å². The van der Waals surface area contributed by atoms with E-state index in [1.807, 2.05) is 0 Å². The van der Waals surface area contributed by atoms with Crippen LogP contribution in [0.3, 0.4) is 0 Å². The van der Waals surface area contributed by atoms with E-state index in [1.165, 1.54) is 36.3 Å². The monoisotopic (exact) mass is 521 g/mol. The molecule has 9 nitrogen and oxygen atoms in total. The minimum Gasteiger partial charge on any atom is -0.497 e. The van der Waals surface area contributed by atoms with Crippen LogP contribution in [0.2, 0.25) is 4.34 Å². The minimum atomic E-state index is -4.22. The number of hydrogen-bond donors (Lipinski definition) is 2. The zero-order valence-electron chi connectivity index (χ0n) is 17.8. The molecular formula is C22H20ClN3O6S2. The Kier molecular flexibility index (Phi) is 6.91. The minimum absolute atomic E-state index is 0.0636. The third kappa shape index (κ3) is 4.52. The number of nitrogens with zero attached hydrogens (tertiary/aromatic N) is 2. The van der Waals surface area contributed by atoms with Gasteiger partial charge in [-0.15, -0.1) is 11.3 Å². The molecule has 12 heteroatoms. The second-order valence-electron chi connectivity index (χ2n) is 7.37. The summed E-state index contributed by atoms with van der Waals surface area (Å²) in [6, 6.07) is 14.3. The summed E-state index contributed by atoms with van der Waals surface area (Å²) in [6.07, 6.45) is 0. The Balaban J connectivity index is 1.82. The van der Waals surface area contributed by atoms with E-state index in [0.29, 0.717) is 26.2 Å². The van der Waals surface area contributed by atoms with E-state index < -0.39 is 27.9 Å². The third-order valence-electron chi connectivity index (χ3n) is 5.42. The van der Waals surface area contributed by atoms with Crippen LogP contribution in [-0.4, -0.2) is 49.4 Å². The van der Waals surface area contributed by atoms with Crippen LogP contribution in [-0.2, 0) is 21.4 Å². The number of methoxy groups -OCH3 is 1. The molecule has 2 N–H and O–H groups in total. The van der Waals surface area contributed by atoms with Gasteiger partial charge in [-0.2, -0.15) is 4.31 Å². The summed E-state index contributed by atoms with van der Waals surface area (Å²) < 4.78 is 33.8. The lowest BCUT2D eigenvalue weighted by Gasteiger charge is -2.29. The molecule has 2 heterocycles. The van der Waals surface area contributed by atoms with E-state index >= 15 is 0 Å². The van der Waals surface area contributed by atoms with Crippen molar-refractivity contribution in [3.8, 4) is 5.75 Å². The summed E-state index contributed by atoms with van der Waals surface area (Å²) in [5, 5.41) is 9.41. The number of fused-ring (bicyclic) bond motifs is 1. The maximum Gasteiger partial charge on any atom is 0.268 e. The van der Waals surface area contributed by atoms with Gasteiger partial charge in [-0.3, -0.25) is 14.8 Å². The van der Waals surface area contributed by atoms with Crippen LogP contribution >= 0.6 is 22.9 Å². The third-order valence-corrected chi connectivity index (χ3v) is 8.51. The van der Waals surface area contributed by atoms with Gasteiger partial charge in [-0.25, -0.2) is 13.9 Å². The Morgan fingerprint density at radius 2 is 1.82 bits per heavy atom.